The minimum atomic E-state index is -2.67. The topological polar surface area (TPSA) is 141 Å². The first-order valence-electron chi connectivity index (χ1n) is 1.84. The van der Waals surface area contributed by atoms with E-state index in [-0.39, 0.29) is 17.1 Å². The van der Waals surface area contributed by atoms with Crippen LogP contribution in [-0.4, -0.2) is 34.5 Å². The number of hydrogen-bond acceptors (Lipinski definition) is 5. The maximum absolute atomic E-state index is 9.10. The molecule has 9 heteroatoms. The fourth-order valence-corrected chi connectivity index (χ4v) is 0. The molecule has 0 bridgehead atoms. The Hall–Kier alpha value is -0.596. The predicted molar refractivity (Wildman–Crippen MR) is 23.2 cm³/mol. The second-order valence-corrected chi connectivity index (χ2v) is 0.917. The van der Waals surface area contributed by atoms with Crippen LogP contribution >= 0.6 is 0 Å². The van der Waals surface area contributed by atoms with Crippen molar-refractivity contribution in [3.05, 3.63) is 0 Å². The summed E-state index contributed by atoms with van der Waals surface area (Å²) in [5.74, 6) is -3.65. The van der Waals surface area contributed by atoms with Gasteiger partial charge in [0.15, 0.2) is 0 Å². The molecule has 0 atom stereocenters. The van der Waals surface area contributed by atoms with Crippen LogP contribution in [0.3, 0.4) is 0 Å². The fourth-order valence-electron chi connectivity index (χ4n) is 0. The summed E-state index contributed by atoms with van der Waals surface area (Å²) >= 11 is 0. The van der Waals surface area contributed by atoms with Gasteiger partial charge in [0.05, 0.1) is 7.32 Å². The van der Waals surface area contributed by atoms with Crippen molar-refractivity contribution in [1.82, 2.24) is 0 Å². The second kappa shape index (κ2) is 9.40. The Morgan fingerprint density at radius 3 is 1.18 bits per heavy atom. The van der Waals surface area contributed by atoms with Crippen molar-refractivity contribution in [2.24, 2.45) is 0 Å². The van der Waals surface area contributed by atoms with Crippen LogP contribution in [0, 0.1) is 0 Å². The van der Waals surface area contributed by atoms with Gasteiger partial charge in [-0.2, -0.15) is 0 Å². The van der Waals surface area contributed by atoms with Gasteiger partial charge in [0.1, 0.15) is 0 Å². The maximum atomic E-state index is 9.10. The molecule has 0 aliphatic carbocycles. The maximum Gasteiger partial charge on any atom is 2.00 e. The van der Waals surface area contributed by atoms with Gasteiger partial charge in [-0.1, -0.05) is 0 Å². The third kappa shape index (κ3) is 44.5. The van der Waals surface area contributed by atoms with Gasteiger partial charge in [0.25, 0.3) is 0 Å². The Kier molecular flexibility index (Phi) is 14.3. The van der Waals surface area contributed by atoms with Crippen LogP contribution in [0.1, 0.15) is 0 Å². The first kappa shape index (κ1) is 16.8. The van der Waals surface area contributed by atoms with Gasteiger partial charge >= 0.3 is 29.0 Å². The van der Waals surface area contributed by atoms with Crippen LogP contribution < -0.4 is 10.0 Å². The third-order valence-electron chi connectivity index (χ3n) is 0.183. The summed E-state index contributed by atoms with van der Waals surface area (Å²) in [5.41, 5.74) is 0. The number of carboxylic acids is 2. The molecular weight excluding hydrogens is 210 g/mol. The van der Waals surface area contributed by atoms with Crippen molar-refractivity contribution in [1.29, 1.82) is 0 Å². The molecule has 0 saturated carbocycles. The summed E-state index contributed by atoms with van der Waals surface area (Å²) in [4.78, 5) is 18.2. The molecule has 0 fully saturated rings. The molecule has 1 radical (unpaired) electrons. The van der Waals surface area contributed by atoms with Gasteiger partial charge in [-0.3, -0.25) is 0 Å². The summed E-state index contributed by atoms with van der Waals surface area (Å²) < 4.78 is 0. The van der Waals surface area contributed by atoms with Gasteiger partial charge in [0.2, 0.25) is 0 Å². The Labute approximate surface area is 71.9 Å². The molecule has 0 spiro atoms. The van der Waals surface area contributed by atoms with Crippen molar-refractivity contribution >= 4 is 19.3 Å². The van der Waals surface area contributed by atoms with Crippen LogP contribution in [-0.2, 0) is 26.7 Å². The van der Waals surface area contributed by atoms with E-state index < -0.39 is 19.3 Å². The summed E-state index contributed by atoms with van der Waals surface area (Å²) in [6.45, 7) is 0. The molecule has 0 aliphatic heterocycles. The van der Waals surface area contributed by atoms with Gasteiger partial charge in [-0.25, -0.2) is 9.59 Å². The molecule has 0 aromatic rings. The molecule has 0 heterocycles. The number of rotatable bonds is 0. The van der Waals surface area contributed by atoms with Gasteiger partial charge < -0.3 is 25.3 Å². The van der Waals surface area contributed by atoms with E-state index in [2.05, 4.69) is 0 Å². The Morgan fingerprint density at radius 1 is 1.09 bits per heavy atom. The molecule has 3 N–H and O–H groups in total. The van der Waals surface area contributed by atoms with E-state index in [9.17, 15) is 0 Å². The molecule has 0 unspecified atom stereocenters. The van der Waals surface area contributed by atoms with E-state index in [0.29, 0.717) is 0 Å². The van der Waals surface area contributed by atoms with E-state index in [0.717, 1.165) is 0 Å². The zero-order chi connectivity index (χ0) is 8.73. The normalized spacial score (nSPS) is 6.45. The van der Waals surface area contributed by atoms with Crippen molar-refractivity contribution < 1.29 is 51.9 Å². The Balaban J connectivity index is -0.000000114. The largest absolute Gasteiger partial charge is 2.00 e. The first-order valence-corrected chi connectivity index (χ1v) is 1.84. The van der Waals surface area contributed by atoms with E-state index in [4.69, 9.17) is 34.9 Å². The van der Waals surface area contributed by atoms with E-state index in [1.807, 2.05) is 0 Å². The smallest absolute Gasteiger partial charge is 0.871 e. The van der Waals surface area contributed by atoms with Crippen LogP contribution in [0.2, 0.25) is 0 Å². The Morgan fingerprint density at radius 2 is 1.18 bits per heavy atom. The zero-order valence-corrected chi connectivity index (χ0v) is 5.80. The third-order valence-corrected chi connectivity index (χ3v) is 0.183. The molecule has 0 aromatic carbocycles. The monoisotopic (exact) mass is 213 g/mol. The molecule has 0 amide bonds. The zero-order valence-electron chi connectivity index (χ0n) is 4.85. The van der Waals surface area contributed by atoms with Crippen LogP contribution in [0.4, 0.5) is 0 Å². The summed E-state index contributed by atoms with van der Waals surface area (Å²) in [6, 6.07) is 0. The summed E-state index contributed by atoms with van der Waals surface area (Å²) in [7, 11) is -2.67. The summed E-state index contributed by atoms with van der Waals surface area (Å²) in [5, 5.41) is 38.8. The number of hydrogen-bond donors (Lipinski definition) is 3. The van der Waals surface area contributed by atoms with Crippen LogP contribution in [0.15, 0.2) is 0 Å². The molecule has 0 aliphatic rings. The van der Waals surface area contributed by atoms with E-state index >= 15 is 0 Å². The Bertz CT molecular complexity index is 109. The minimum Gasteiger partial charge on any atom is -0.871 e. The predicted octanol–water partition coefficient (Wildman–Crippen LogP) is -4.16. The minimum absolute atomic E-state index is 0. The number of carboxylic acid groups (broad SMARTS) is 2. The standard InChI is InChI=1S/C2H2O4.BHO3.Cu/c3-1(4)2(5)6;2-1(3)4;/h(H,3,4)(H,5,6);2H;/q;-2;+2. The average molecular weight is 213 g/mol. The van der Waals surface area contributed by atoms with E-state index in [1.165, 1.54) is 0 Å². The van der Waals surface area contributed by atoms with E-state index in [1.54, 1.807) is 0 Å². The van der Waals surface area contributed by atoms with Gasteiger partial charge in [-0.15, -0.1) is 0 Å². The van der Waals surface area contributed by atoms with Gasteiger partial charge in [-0.05, 0) is 0 Å². The van der Waals surface area contributed by atoms with Crippen molar-refractivity contribution in [2.45, 2.75) is 0 Å². The SMILES string of the molecule is O=C(O)C(=O)O.[Cu+2].[O-]B([O-])O. The van der Waals surface area contributed by atoms with Crippen LogP contribution in [0.5, 0.6) is 0 Å². The fraction of sp³-hybridized carbons (Fsp3) is 0. The molecule has 0 rings (SSSR count). The van der Waals surface area contributed by atoms with Crippen LogP contribution in [0.25, 0.3) is 0 Å². The van der Waals surface area contributed by atoms with Crippen molar-refractivity contribution in [3.8, 4) is 0 Å². The molecule has 0 saturated heterocycles. The number of aliphatic carboxylic acids is 2. The molecule has 0 aromatic heterocycles. The first-order chi connectivity index (χ1) is 4.37. The summed E-state index contributed by atoms with van der Waals surface area (Å²) in [6.07, 6.45) is 0. The average Bonchev–Trinajstić information content (AvgIpc) is 1.63. The second-order valence-electron chi connectivity index (χ2n) is 0.917. The van der Waals surface area contributed by atoms with Crippen molar-refractivity contribution in [3.63, 3.8) is 0 Å². The van der Waals surface area contributed by atoms with Crippen molar-refractivity contribution in [2.75, 3.05) is 0 Å². The molecular formula is C2H3BCuO7. The number of carbonyl (C=O) groups is 2. The molecule has 67 valence electrons. The quantitative estimate of drug-likeness (QED) is 0.274. The van der Waals surface area contributed by atoms with Gasteiger partial charge in [0, 0.05) is 0 Å². The molecule has 7 nitrogen and oxygen atoms in total. The molecule has 11 heavy (non-hydrogen) atoms.